The smallest absolute Gasteiger partial charge is 0.182 e. The molecule has 0 bridgehead atoms. The summed E-state index contributed by atoms with van der Waals surface area (Å²) in [4.78, 5) is 8.41. The van der Waals surface area contributed by atoms with E-state index in [2.05, 4.69) is 29.0 Å². The molecule has 0 radical (unpaired) electrons. The molecule has 1 atom stereocenters. The molecule has 2 heterocycles. The van der Waals surface area contributed by atoms with Crippen molar-refractivity contribution in [3.8, 4) is 0 Å². The van der Waals surface area contributed by atoms with E-state index in [1.54, 1.807) is 0 Å². The summed E-state index contributed by atoms with van der Waals surface area (Å²) in [7, 11) is 0. The molecule has 1 unspecified atom stereocenters. The molecule has 0 amide bonds. The zero-order valence-electron chi connectivity index (χ0n) is 11.6. The summed E-state index contributed by atoms with van der Waals surface area (Å²) in [5.74, 6) is 0.931. The lowest BCUT2D eigenvalue weighted by atomic mass is 10.0. The van der Waals surface area contributed by atoms with E-state index in [9.17, 15) is 0 Å². The Kier molecular flexibility index (Phi) is 5.45. The first-order chi connectivity index (χ1) is 8.81. The fourth-order valence-corrected chi connectivity index (χ4v) is 3.50. The van der Waals surface area contributed by atoms with Crippen LogP contribution in [0, 0.1) is 5.92 Å². The van der Waals surface area contributed by atoms with Crippen molar-refractivity contribution in [1.29, 1.82) is 0 Å². The molecule has 0 aliphatic carbocycles. The van der Waals surface area contributed by atoms with E-state index < -0.39 is 0 Å². The highest BCUT2D eigenvalue weighted by atomic mass is 32.1. The van der Waals surface area contributed by atoms with Crippen LogP contribution in [0.5, 0.6) is 0 Å². The number of hydrogen-bond donors (Lipinski definition) is 1. The predicted molar refractivity (Wildman–Crippen MR) is 79.2 cm³/mol. The van der Waals surface area contributed by atoms with Gasteiger partial charge in [0, 0.05) is 30.7 Å². The standard InChI is InChI=1S/C14H25N3S/c1-3-5-12-6-8-17(10-12)11-13-9-16-14(18-13)15-7-4-2/h9,12H,3-8,10-11H2,1-2H3,(H,15,16). The van der Waals surface area contributed by atoms with Crippen molar-refractivity contribution in [2.24, 2.45) is 5.92 Å². The van der Waals surface area contributed by atoms with Gasteiger partial charge in [0.05, 0.1) is 0 Å². The highest BCUT2D eigenvalue weighted by Crippen LogP contribution is 2.25. The second kappa shape index (κ2) is 7.10. The fourth-order valence-electron chi connectivity index (χ4n) is 2.61. The normalized spacial score (nSPS) is 20.4. The minimum Gasteiger partial charge on any atom is -0.362 e. The van der Waals surface area contributed by atoms with Crippen LogP contribution in [0.4, 0.5) is 5.13 Å². The number of nitrogens with zero attached hydrogens (tertiary/aromatic N) is 2. The third-order valence-electron chi connectivity index (χ3n) is 3.53. The van der Waals surface area contributed by atoms with Crippen molar-refractivity contribution in [2.45, 2.75) is 46.1 Å². The van der Waals surface area contributed by atoms with Gasteiger partial charge in [0.25, 0.3) is 0 Å². The van der Waals surface area contributed by atoms with Crippen molar-refractivity contribution in [3.63, 3.8) is 0 Å². The monoisotopic (exact) mass is 267 g/mol. The van der Waals surface area contributed by atoms with Gasteiger partial charge in [-0.1, -0.05) is 20.3 Å². The van der Waals surface area contributed by atoms with Gasteiger partial charge in [0.15, 0.2) is 5.13 Å². The molecule has 0 spiro atoms. The van der Waals surface area contributed by atoms with Gasteiger partial charge in [-0.2, -0.15) is 0 Å². The van der Waals surface area contributed by atoms with E-state index in [0.29, 0.717) is 0 Å². The molecule has 1 aromatic heterocycles. The zero-order valence-corrected chi connectivity index (χ0v) is 12.4. The Bertz CT molecular complexity index is 351. The van der Waals surface area contributed by atoms with E-state index in [0.717, 1.165) is 30.6 Å². The lowest BCUT2D eigenvalue weighted by Crippen LogP contribution is -2.19. The average molecular weight is 267 g/mol. The lowest BCUT2D eigenvalue weighted by Gasteiger charge is -2.14. The van der Waals surface area contributed by atoms with E-state index in [-0.39, 0.29) is 0 Å². The third-order valence-corrected chi connectivity index (χ3v) is 4.47. The Balaban J connectivity index is 1.77. The van der Waals surface area contributed by atoms with Crippen LogP contribution in [-0.4, -0.2) is 29.5 Å². The first-order valence-electron chi connectivity index (χ1n) is 7.22. The molecule has 1 N–H and O–H groups in total. The second-order valence-electron chi connectivity index (χ2n) is 5.24. The van der Waals surface area contributed by atoms with Crippen LogP contribution >= 0.6 is 11.3 Å². The molecule has 102 valence electrons. The number of aromatic nitrogens is 1. The van der Waals surface area contributed by atoms with Gasteiger partial charge in [-0.25, -0.2) is 4.98 Å². The highest BCUT2D eigenvalue weighted by molar-refractivity contribution is 7.15. The minimum atomic E-state index is 0.931. The summed E-state index contributed by atoms with van der Waals surface area (Å²) in [6.45, 7) is 9.13. The summed E-state index contributed by atoms with van der Waals surface area (Å²) in [6.07, 6.45) is 7.29. The van der Waals surface area contributed by atoms with Crippen LogP contribution in [0.3, 0.4) is 0 Å². The molecule has 4 heteroatoms. The van der Waals surface area contributed by atoms with Gasteiger partial charge in [-0.3, -0.25) is 4.90 Å². The van der Waals surface area contributed by atoms with E-state index in [1.165, 1.54) is 37.2 Å². The minimum absolute atomic E-state index is 0.931. The maximum Gasteiger partial charge on any atom is 0.182 e. The van der Waals surface area contributed by atoms with Crippen molar-refractivity contribution in [3.05, 3.63) is 11.1 Å². The van der Waals surface area contributed by atoms with Crippen LogP contribution < -0.4 is 5.32 Å². The van der Waals surface area contributed by atoms with Crippen molar-refractivity contribution >= 4 is 16.5 Å². The van der Waals surface area contributed by atoms with Crippen molar-refractivity contribution < 1.29 is 0 Å². The SMILES string of the molecule is CCCNc1ncc(CN2CCC(CCC)C2)s1. The summed E-state index contributed by atoms with van der Waals surface area (Å²) >= 11 is 1.81. The van der Waals surface area contributed by atoms with E-state index >= 15 is 0 Å². The molecule has 1 fully saturated rings. The Morgan fingerprint density at radius 2 is 2.33 bits per heavy atom. The van der Waals surface area contributed by atoms with Crippen molar-refractivity contribution in [1.82, 2.24) is 9.88 Å². The van der Waals surface area contributed by atoms with Gasteiger partial charge in [-0.15, -0.1) is 11.3 Å². The molecule has 1 aliphatic rings. The number of hydrogen-bond acceptors (Lipinski definition) is 4. The second-order valence-corrected chi connectivity index (χ2v) is 6.35. The number of likely N-dealkylation sites (tertiary alicyclic amines) is 1. The molecular weight excluding hydrogens is 242 g/mol. The Morgan fingerprint density at radius 1 is 1.44 bits per heavy atom. The zero-order chi connectivity index (χ0) is 12.8. The van der Waals surface area contributed by atoms with Gasteiger partial charge in [-0.05, 0) is 31.7 Å². The van der Waals surface area contributed by atoms with Crippen molar-refractivity contribution in [2.75, 3.05) is 25.0 Å². The molecular formula is C14H25N3S. The maximum atomic E-state index is 4.43. The fraction of sp³-hybridized carbons (Fsp3) is 0.786. The first-order valence-corrected chi connectivity index (χ1v) is 8.04. The summed E-state index contributed by atoms with van der Waals surface area (Å²) in [5, 5.41) is 4.44. The van der Waals surface area contributed by atoms with Gasteiger partial charge in [0.2, 0.25) is 0 Å². The van der Waals surface area contributed by atoms with Gasteiger partial charge in [0.1, 0.15) is 0 Å². The summed E-state index contributed by atoms with van der Waals surface area (Å²) < 4.78 is 0. The van der Waals surface area contributed by atoms with Crippen LogP contribution in [0.25, 0.3) is 0 Å². The van der Waals surface area contributed by atoms with Crippen LogP contribution in [0.15, 0.2) is 6.20 Å². The molecule has 0 aromatic carbocycles. The molecule has 1 aliphatic heterocycles. The number of rotatable bonds is 7. The molecule has 18 heavy (non-hydrogen) atoms. The third kappa shape index (κ3) is 3.95. The Hall–Kier alpha value is -0.610. The number of nitrogens with one attached hydrogen (secondary N) is 1. The largest absolute Gasteiger partial charge is 0.362 e. The Morgan fingerprint density at radius 3 is 3.11 bits per heavy atom. The quantitative estimate of drug-likeness (QED) is 0.818. The Labute approximate surface area is 115 Å². The summed E-state index contributed by atoms with van der Waals surface area (Å²) in [5.41, 5.74) is 0. The van der Waals surface area contributed by atoms with Gasteiger partial charge < -0.3 is 5.32 Å². The highest BCUT2D eigenvalue weighted by Gasteiger charge is 2.22. The van der Waals surface area contributed by atoms with Crippen LogP contribution in [-0.2, 0) is 6.54 Å². The topological polar surface area (TPSA) is 28.2 Å². The first kappa shape index (κ1) is 13.8. The lowest BCUT2D eigenvalue weighted by molar-refractivity contribution is 0.315. The van der Waals surface area contributed by atoms with E-state index in [1.807, 2.05) is 17.5 Å². The maximum absolute atomic E-state index is 4.43. The van der Waals surface area contributed by atoms with Gasteiger partial charge >= 0.3 is 0 Å². The molecule has 3 nitrogen and oxygen atoms in total. The average Bonchev–Trinajstić information content (AvgIpc) is 2.98. The number of thiazole rings is 1. The van der Waals surface area contributed by atoms with Crippen LogP contribution in [0.1, 0.15) is 44.4 Å². The molecule has 1 saturated heterocycles. The summed E-state index contributed by atoms with van der Waals surface area (Å²) in [6, 6.07) is 0. The molecule has 0 saturated carbocycles. The predicted octanol–water partition coefficient (Wildman–Crippen LogP) is 3.59. The van der Waals surface area contributed by atoms with E-state index in [4.69, 9.17) is 0 Å². The molecule has 1 aromatic rings. The van der Waals surface area contributed by atoms with Crippen LogP contribution in [0.2, 0.25) is 0 Å². The molecule has 2 rings (SSSR count). The number of anilines is 1.